The molecule has 1 aromatic rings. The van der Waals surface area contributed by atoms with Crippen LogP contribution < -0.4 is 29.6 Å². The Balaban J connectivity index is 0. The second kappa shape index (κ2) is 5.36. The van der Waals surface area contributed by atoms with Crippen molar-refractivity contribution in [1.82, 2.24) is 0 Å². The van der Waals surface area contributed by atoms with E-state index >= 15 is 0 Å². The van der Waals surface area contributed by atoms with E-state index < -0.39 is 31.2 Å². The van der Waals surface area contributed by atoms with Crippen molar-refractivity contribution in [2.45, 2.75) is 11.1 Å². The molecule has 0 aromatic heterocycles. The van der Waals surface area contributed by atoms with Crippen LogP contribution in [0.25, 0.3) is 0 Å². The molecule has 0 saturated heterocycles. The van der Waals surface area contributed by atoms with E-state index in [-0.39, 0.29) is 31.0 Å². The Kier molecular flexibility index (Phi) is 5.50. The van der Waals surface area contributed by atoms with E-state index in [1.807, 2.05) is 0 Å². The topological polar surface area (TPSA) is 54.4 Å². The van der Waals surface area contributed by atoms with Gasteiger partial charge in [-0.1, -0.05) is 15.9 Å². The molecule has 0 aliphatic rings. The van der Waals surface area contributed by atoms with Gasteiger partial charge >= 0.3 is 35.7 Å². The van der Waals surface area contributed by atoms with Crippen molar-refractivity contribution in [3.8, 4) is 0 Å². The monoisotopic (exact) mass is 328 g/mol. The summed E-state index contributed by atoms with van der Waals surface area (Å²) in [5.41, 5.74) is -1.00. The van der Waals surface area contributed by atoms with Crippen LogP contribution in [0.5, 0.6) is 0 Å². The number of halogens is 4. The van der Waals surface area contributed by atoms with Gasteiger partial charge < -0.3 is 1.43 Å². The summed E-state index contributed by atoms with van der Waals surface area (Å²) >= 11 is 2.58. The van der Waals surface area contributed by atoms with Crippen LogP contribution in [0.3, 0.4) is 0 Å². The molecule has 0 fully saturated rings. The number of rotatable bonds is 1. The number of alkyl halides is 3. The minimum absolute atomic E-state index is 0. The quantitative estimate of drug-likeness (QED) is 0.575. The van der Waals surface area contributed by atoms with Crippen molar-refractivity contribution < 1.29 is 57.1 Å². The van der Waals surface area contributed by atoms with Gasteiger partial charge in [0.15, 0.2) is 0 Å². The molecule has 0 saturated carbocycles. The molecule has 0 amide bonds. The summed E-state index contributed by atoms with van der Waals surface area (Å²) < 4.78 is 66.0. The first-order valence-corrected chi connectivity index (χ1v) is 5.70. The third-order valence-corrected chi connectivity index (χ3v) is 3.05. The van der Waals surface area contributed by atoms with Gasteiger partial charge in [0.05, 0.1) is 10.5 Å². The fourth-order valence-electron chi connectivity index (χ4n) is 0.886. The van der Waals surface area contributed by atoms with E-state index in [0.717, 1.165) is 0 Å². The zero-order chi connectivity index (χ0) is 11.9. The van der Waals surface area contributed by atoms with Gasteiger partial charge in [0.1, 0.15) is 0 Å². The molecule has 0 unspecified atom stereocenters. The predicted octanol–water partition coefficient (Wildman–Crippen LogP) is -0.169. The Morgan fingerprint density at radius 1 is 1.31 bits per heavy atom. The first-order valence-electron chi connectivity index (χ1n) is 3.46. The van der Waals surface area contributed by atoms with Crippen molar-refractivity contribution >= 4 is 26.0 Å². The Hall–Kier alpha value is 0.400. The molecule has 9 heteroatoms. The minimum Gasteiger partial charge on any atom is -1.00 e. The van der Waals surface area contributed by atoms with E-state index in [9.17, 15) is 21.6 Å². The van der Waals surface area contributed by atoms with Crippen LogP contribution in [-0.2, 0) is 16.3 Å². The van der Waals surface area contributed by atoms with Gasteiger partial charge in [-0.05, 0) is 18.2 Å². The van der Waals surface area contributed by atoms with Gasteiger partial charge in [-0.15, -0.1) is 0 Å². The average molecular weight is 329 g/mol. The molecule has 0 radical (unpaired) electrons. The van der Waals surface area contributed by atoms with Crippen LogP contribution >= 0.6 is 15.9 Å². The van der Waals surface area contributed by atoms with E-state index in [1.54, 1.807) is 0 Å². The maximum Gasteiger partial charge on any atom is 1.00 e. The standard InChI is InChI=1S/C7H4BrF3O3S.Na.H/c8-6-3-4(15(12,13)14)1-2-5(6)7(9,10)11;;/h1-3H,(H,12,13,14);;/q;+1;-1. The van der Waals surface area contributed by atoms with Crippen molar-refractivity contribution in [2.75, 3.05) is 0 Å². The van der Waals surface area contributed by atoms with Crippen LogP contribution in [0.15, 0.2) is 27.6 Å². The molecule has 3 nitrogen and oxygen atoms in total. The van der Waals surface area contributed by atoms with Crippen LogP contribution in [-0.4, -0.2) is 13.0 Å². The third kappa shape index (κ3) is 4.01. The fraction of sp³-hybridized carbons (Fsp3) is 0.143. The summed E-state index contributed by atoms with van der Waals surface area (Å²) in [6.45, 7) is 0. The molecule has 0 atom stereocenters. The molecule has 0 aliphatic carbocycles. The van der Waals surface area contributed by atoms with Crippen LogP contribution in [0.1, 0.15) is 6.99 Å². The molecule has 16 heavy (non-hydrogen) atoms. The largest absolute Gasteiger partial charge is 1.00 e. The van der Waals surface area contributed by atoms with E-state index in [4.69, 9.17) is 4.55 Å². The van der Waals surface area contributed by atoms with Gasteiger partial charge in [0.25, 0.3) is 10.1 Å². The molecule has 0 aliphatic heterocycles. The molecule has 1 rings (SSSR count). The summed E-state index contributed by atoms with van der Waals surface area (Å²) in [5.74, 6) is 0. The maximum absolute atomic E-state index is 12.2. The van der Waals surface area contributed by atoms with Crippen molar-refractivity contribution in [3.63, 3.8) is 0 Å². The molecule has 1 N–H and O–H groups in total. The Morgan fingerprint density at radius 3 is 2.12 bits per heavy atom. The Bertz CT molecular complexity index is 492. The fourth-order valence-corrected chi connectivity index (χ4v) is 2.15. The summed E-state index contributed by atoms with van der Waals surface area (Å²) in [6, 6.07) is 1.95. The first-order chi connectivity index (χ1) is 6.62. The molecule has 1 aromatic carbocycles. The van der Waals surface area contributed by atoms with Crippen LogP contribution in [0, 0.1) is 0 Å². The van der Waals surface area contributed by atoms with Crippen molar-refractivity contribution in [3.05, 3.63) is 28.2 Å². The average Bonchev–Trinajstić information content (AvgIpc) is 1.99. The molecular formula is C7H5BrF3NaO3S. The third-order valence-electron chi connectivity index (χ3n) is 1.54. The van der Waals surface area contributed by atoms with Gasteiger partial charge in [-0.25, -0.2) is 0 Å². The number of benzene rings is 1. The smallest absolute Gasteiger partial charge is 1.00 e. The van der Waals surface area contributed by atoms with Crippen molar-refractivity contribution in [1.29, 1.82) is 0 Å². The zero-order valence-electron chi connectivity index (χ0n) is 8.92. The second-order valence-electron chi connectivity index (χ2n) is 2.61. The predicted molar refractivity (Wildman–Crippen MR) is 50.1 cm³/mol. The second-order valence-corrected chi connectivity index (χ2v) is 4.89. The SMILES string of the molecule is O=S(=O)(O)c1ccc(C(F)(F)F)c(Br)c1.[H-].[Na+]. The van der Waals surface area contributed by atoms with Gasteiger partial charge in [0.2, 0.25) is 0 Å². The van der Waals surface area contributed by atoms with Gasteiger partial charge in [-0.3, -0.25) is 4.55 Å². The summed E-state index contributed by atoms with van der Waals surface area (Å²) in [7, 11) is -4.48. The molecule has 0 spiro atoms. The van der Waals surface area contributed by atoms with Gasteiger partial charge in [-0.2, -0.15) is 21.6 Å². The van der Waals surface area contributed by atoms with Gasteiger partial charge in [0, 0.05) is 4.47 Å². The molecule has 0 bridgehead atoms. The van der Waals surface area contributed by atoms with Crippen LogP contribution in [0.4, 0.5) is 13.2 Å². The Labute approximate surface area is 122 Å². The summed E-state index contributed by atoms with van der Waals surface area (Å²) in [5, 5.41) is 0. The number of hydrogen-bond acceptors (Lipinski definition) is 2. The summed E-state index contributed by atoms with van der Waals surface area (Å²) in [6.07, 6.45) is -4.57. The van der Waals surface area contributed by atoms with E-state index in [2.05, 4.69) is 15.9 Å². The normalized spacial score (nSPS) is 12.1. The Morgan fingerprint density at radius 2 is 1.81 bits per heavy atom. The molecular weight excluding hydrogens is 324 g/mol. The maximum atomic E-state index is 12.2. The van der Waals surface area contributed by atoms with Crippen molar-refractivity contribution in [2.24, 2.45) is 0 Å². The first kappa shape index (κ1) is 16.4. The minimum atomic E-state index is -4.57. The zero-order valence-corrected chi connectivity index (χ0v) is 12.3. The van der Waals surface area contributed by atoms with E-state index in [0.29, 0.717) is 18.2 Å². The van der Waals surface area contributed by atoms with Crippen LogP contribution in [0.2, 0.25) is 0 Å². The molecule has 86 valence electrons. The number of hydrogen-bond donors (Lipinski definition) is 1. The molecule has 0 heterocycles. The summed E-state index contributed by atoms with van der Waals surface area (Å²) in [4.78, 5) is -0.595. The van der Waals surface area contributed by atoms with E-state index in [1.165, 1.54) is 0 Å².